The third kappa shape index (κ3) is 5.00. The first kappa shape index (κ1) is 21.6. The second kappa shape index (κ2) is 9.27. The Balaban J connectivity index is 1.60. The van der Waals surface area contributed by atoms with Gasteiger partial charge in [0.05, 0.1) is 12.3 Å². The maximum absolute atomic E-state index is 13.3. The molecule has 0 spiro atoms. The number of halogens is 1. The normalized spacial score (nSPS) is 11.0. The largest absolute Gasteiger partial charge is 0.325 e. The average Bonchev–Trinajstić information content (AvgIpc) is 2.75. The van der Waals surface area contributed by atoms with Gasteiger partial charge in [0, 0.05) is 18.1 Å². The van der Waals surface area contributed by atoms with Gasteiger partial charge in [0.1, 0.15) is 5.82 Å². The van der Waals surface area contributed by atoms with Crippen LogP contribution in [0.2, 0.25) is 0 Å². The van der Waals surface area contributed by atoms with Crippen LogP contribution in [-0.4, -0.2) is 31.2 Å². The molecule has 0 atom stereocenters. The summed E-state index contributed by atoms with van der Waals surface area (Å²) in [4.78, 5) is 38.3. The number of amides is 1. The van der Waals surface area contributed by atoms with Crippen LogP contribution in [0, 0.1) is 19.7 Å². The zero-order valence-corrected chi connectivity index (χ0v) is 18.3. The summed E-state index contributed by atoms with van der Waals surface area (Å²) in [7, 11) is 0. The smallest absolute Gasteiger partial charge is 0.282 e. The van der Waals surface area contributed by atoms with Crippen LogP contribution in [0.5, 0.6) is 0 Å². The number of carbonyl (C=O) groups excluding carboxylic acids is 1. The minimum absolute atomic E-state index is 0.0502. The lowest BCUT2D eigenvalue weighted by atomic mass is 10.1. The van der Waals surface area contributed by atoms with E-state index in [0.29, 0.717) is 10.8 Å². The number of aryl methyl sites for hydroxylation is 2. The molecule has 32 heavy (non-hydrogen) atoms. The topological polar surface area (TPSA) is 89.8 Å². The number of nitrogens with zero attached hydrogens (tertiary/aromatic N) is 4. The van der Waals surface area contributed by atoms with Crippen LogP contribution in [0.4, 0.5) is 10.1 Å². The molecule has 2 aromatic carbocycles. The van der Waals surface area contributed by atoms with E-state index in [1.807, 2.05) is 32.0 Å². The van der Waals surface area contributed by atoms with Gasteiger partial charge in [-0.05, 0) is 54.8 Å². The third-order valence-electron chi connectivity index (χ3n) is 4.65. The fraction of sp³-hybridized carbons (Fsp3) is 0.174. The Kier molecular flexibility index (Phi) is 6.27. The predicted octanol–water partition coefficient (Wildman–Crippen LogP) is 3.72. The molecule has 4 aromatic rings. The number of nitrogens with one attached hydrogen (secondary N) is 1. The number of fused-ring (bicyclic) bond motifs is 1. The van der Waals surface area contributed by atoms with Crippen molar-refractivity contribution in [3.8, 4) is 0 Å². The number of hydrogen-bond acceptors (Lipinski definition) is 6. The Labute approximate surface area is 187 Å². The van der Waals surface area contributed by atoms with Gasteiger partial charge >= 0.3 is 0 Å². The monoisotopic (exact) mass is 449 g/mol. The van der Waals surface area contributed by atoms with Crippen molar-refractivity contribution >= 4 is 34.5 Å². The summed E-state index contributed by atoms with van der Waals surface area (Å²) in [5, 5.41) is 3.21. The van der Waals surface area contributed by atoms with Crippen molar-refractivity contribution in [2.24, 2.45) is 0 Å². The second-order valence-corrected chi connectivity index (χ2v) is 8.30. The van der Waals surface area contributed by atoms with Gasteiger partial charge in [0.25, 0.3) is 5.56 Å². The maximum atomic E-state index is 13.3. The van der Waals surface area contributed by atoms with Crippen molar-refractivity contribution < 1.29 is 9.18 Å². The standard InChI is InChI=1S/C23H20FN5O2S/c1-14-9-15(2)11-18(10-14)27-19(30)13-32-23-28-21-20(25-7-8-26-21)22(31)29(23)12-16-3-5-17(24)6-4-16/h3-11H,12-13H2,1-2H3,(H,27,30). The maximum Gasteiger partial charge on any atom is 0.282 e. The molecule has 2 aromatic heterocycles. The molecular formula is C23H20FN5O2S. The van der Waals surface area contributed by atoms with Gasteiger partial charge in [0.15, 0.2) is 16.3 Å². The van der Waals surface area contributed by atoms with Gasteiger partial charge in [-0.25, -0.2) is 19.3 Å². The molecule has 0 aliphatic carbocycles. The molecule has 162 valence electrons. The molecule has 4 rings (SSSR count). The highest BCUT2D eigenvalue weighted by atomic mass is 32.2. The van der Waals surface area contributed by atoms with Gasteiger partial charge in [-0.3, -0.25) is 14.2 Å². The molecule has 2 heterocycles. The van der Waals surface area contributed by atoms with Crippen molar-refractivity contribution in [1.82, 2.24) is 19.5 Å². The molecular weight excluding hydrogens is 429 g/mol. The van der Waals surface area contributed by atoms with E-state index < -0.39 is 0 Å². The van der Waals surface area contributed by atoms with Crippen LogP contribution >= 0.6 is 11.8 Å². The highest BCUT2D eigenvalue weighted by molar-refractivity contribution is 7.99. The SMILES string of the molecule is Cc1cc(C)cc(NC(=O)CSc2nc3nccnc3c(=O)n2Cc2ccc(F)cc2)c1. The summed E-state index contributed by atoms with van der Waals surface area (Å²) in [5.74, 6) is -0.530. The molecule has 0 unspecified atom stereocenters. The van der Waals surface area contributed by atoms with Gasteiger partial charge in [-0.15, -0.1) is 0 Å². The van der Waals surface area contributed by atoms with Crippen molar-refractivity contribution in [1.29, 1.82) is 0 Å². The van der Waals surface area contributed by atoms with Crippen molar-refractivity contribution in [3.05, 3.63) is 87.7 Å². The molecule has 9 heteroatoms. The lowest BCUT2D eigenvalue weighted by molar-refractivity contribution is -0.113. The average molecular weight is 450 g/mol. The van der Waals surface area contributed by atoms with Crippen LogP contribution in [0.25, 0.3) is 11.2 Å². The lowest BCUT2D eigenvalue weighted by Gasteiger charge is -2.13. The number of rotatable bonds is 6. The molecule has 1 N–H and O–H groups in total. The van der Waals surface area contributed by atoms with Gasteiger partial charge in [0.2, 0.25) is 5.91 Å². The number of aromatic nitrogens is 4. The van der Waals surface area contributed by atoms with Crippen LogP contribution in [-0.2, 0) is 11.3 Å². The Morgan fingerprint density at radius 1 is 1.06 bits per heavy atom. The minimum Gasteiger partial charge on any atom is -0.325 e. The molecule has 0 fully saturated rings. The van der Waals surface area contributed by atoms with E-state index in [9.17, 15) is 14.0 Å². The molecule has 0 aliphatic rings. The van der Waals surface area contributed by atoms with Crippen molar-refractivity contribution in [3.63, 3.8) is 0 Å². The second-order valence-electron chi connectivity index (χ2n) is 7.35. The van der Waals surface area contributed by atoms with Crippen LogP contribution < -0.4 is 10.9 Å². The first-order chi connectivity index (χ1) is 15.4. The minimum atomic E-state index is -0.371. The van der Waals surface area contributed by atoms with Crippen molar-refractivity contribution in [2.75, 3.05) is 11.1 Å². The number of benzene rings is 2. The summed E-state index contributed by atoms with van der Waals surface area (Å²) < 4.78 is 14.7. The van der Waals surface area contributed by atoms with E-state index in [1.165, 1.54) is 29.1 Å². The predicted molar refractivity (Wildman–Crippen MR) is 122 cm³/mol. The quantitative estimate of drug-likeness (QED) is 0.356. The van der Waals surface area contributed by atoms with Crippen LogP contribution in [0.1, 0.15) is 16.7 Å². The summed E-state index contributed by atoms with van der Waals surface area (Å²) in [6.07, 6.45) is 2.89. The number of hydrogen-bond donors (Lipinski definition) is 1. The Bertz CT molecular complexity index is 1330. The molecule has 7 nitrogen and oxygen atoms in total. The molecule has 0 radical (unpaired) electrons. The van der Waals surface area contributed by atoms with E-state index in [4.69, 9.17) is 0 Å². The van der Waals surface area contributed by atoms with Gasteiger partial charge in [-0.2, -0.15) is 0 Å². The van der Waals surface area contributed by atoms with Crippen molar-refractivity contribution in [2.45, 2.75) is 25.5 Å². The number of anilines is 1. The first-order valence-electron chi connectivity index (χ1n) is 9.86. The molecule has 0 saturated carbocycles. The lowest BCUT2D eigenvalue weighted by Crippen LogP contribution is -2.25. The fourth-order valence-electron chi connectivity index (χ4n) is 3.33. The van der Waals surface area contributed by atoms with Crippen LogP contribution in [0.3, 0.4) is 0 Å². The molecule has 0 saturated heterocycles. The highest BCUT2D eigenvalue weighted by Crippen LogP contribution is 2.19. The molecule has 1 amide bonds. The van der Waals surface area contributed by atoms with E-state index in [0.717, 1.165) is 28.5 Å². The highest BCUT2D eigenvalue weighted by Gasteiger charge is 2.15. The summed E-state index contributed by atoms with van der Waals surface area (Å²) >= 11 is 1.13. The van der Waals surface area contributed by atoms with Gasteiger partial charge in [-0.1, -0.05) is 30.0 Å². The Morgan fingerprint density at radius 2 is 1.75 bits per heavy atom. The number of thioether (sulfide) groups is 1. The number of carbonyl (C=O) groups is 1. The van der Waals surface area contributed by atoms with E-state index >= 15 is 0 Å². The molecule has 0 bridgehead atoms. The summed E-state index contributed by atoms with van der Waals surface area (Å²) in [5.41, 5.74) is 3.52. The molecule has 0 aliphatic heterocycles. The zero-order chi connectivity index (χ0) is 22.7. The summed E-state index contributed by atoms with van der Waals surface area (Å²) in [6, 6.07) is 11.7. The first-order valence-corrected chi connectivity index (χ1v) is 10.8. The summed E-state index contributed by atoms with van der Waals surface area (Å²) in [6.45, 7) is 4.09. The zero-order valence-electron chi connectivity index (χ0n) is 17.5. The Hall–Kier alpha value is -3.59. The Morgan fingerprint density at radius 3 is 2.47 bits per heavy atom. The third-order valence-corrected chi connectivity index (χ3v) is 5.63. The van der Waals surface area contributed by atoms with E-state index in [1.54, 1.807) is 12.1 Å². The van der Waals surface area contributed by atoms with E-state index in [-0.39, 0.29) is 40.7 Å². The van der Waals surface area contributed by atoms with Crippen LogP contribution in [0.15, 0.2) is 64.8 Å². The van der Waals surface area contributed by atoms with E-state index in [2.05, 4.69) is 20.3 Å². The van der Waals surface area contributed by atoms with Gasteiger partial charge < -0.3 is 5.32 Å². The fourth-order valence-corrected chi connectivity index (χ4v) is 4.11.